The average molecular weight is 489 g/mol. The van der Waals surface area contributed by atoms with E-state index in [9.17, 15) is 14.4 Å². The van der Waals surface area contributed by atoms with Crippen molar-refractivity contribution < 1.29 is 28.6 Å². The van der Waals surface area contributed by atoms with Gasteiger partial charge in [-0.25, -0.2) is 9.59 Å². The minimum Gasteiger partial charge on any atom is -0.490 e. The highest BCUT2D eigenvalue weighted by atomic mass is 16.6. The fourth-order valence-corrected chi connectivity index (χ4v) is 4.80. The molecule has 0 spiro atoms. The van der Waals surface area contributed by atoms with Crippen molar-refractivity contribution in [2.24, 2.45) is 5.92 Å². The van der Waals surface area contributed by atoms with E-state index in [4.69, 9.17) is 14.2 Å². The number of methoxy groups -OCH3 is 1. The Bertz CT molecular complexity index is 895. The summed E-state index contributed by atoms with van der Waals surface area (Å²) in [4.78, 5) is 39.9. The summed E-state index contributed by atoms with van der Waals surface area (Å²) < 4.78 is 16.4. The summed E-state index contributed by atoms with van der Waals surface area (Å²) in [5.74, 6) is 0.576. The zero-order valence-corrected chi connectivity index (χ0v) is 21.9. The van der Waals surface area contributed by atoms with Gasteiger partial charge in [0.2, 0.25) is 0 Å². The van der Waals surface area contributed by atoms with Crippen LogP contribution in [0.1, 0.15) is 81.0 Å². The van der Waals surface area contributed by atoms with Crippen LogP contribution < -0.4 is 4.74 Å². The number of esters is 1. The molecule has 8 heteroatoms. The van der Waals surface area contributed by atoms with Gasteiger partial charge in [0.15, 0.2) is 6.29 Å². The first-order valence-electron chi connectivity index (χ1n) is 12.6. The molecule has 1 amide bonds. The molecular weight excluding hydrogens is 448 g/mol. The SMILES string of the molecule is COC(=O)c1cc(OC2CC(N(CC3CCN(C(=O)OC(C)(C)C)CC3)C(C)C)C2)ccc1C=O. The molecule has 35 heavy (non-hydrogen) atoms. The topological polar surface area (TPSA) is 85.4 Å². The molecule has 8 nitrogen and oxygen atoms in total. The molecule has 0 unspecified atom stereocenters. The second kappa shape index (κ2) is 11.4. The van der Waals surface area contributed by atoms with Crippen molar-refractivity contribution >= 4 is 18.3 Å². The van der Waals surface area contributed by atoms with Crippen molar-refractivity contribution in [2.75, 3.05) is 26.7 Å². The molecule has 0 atom stereocenters. The van der Waals surface area contributed by atoms with Crippen molar-refractivity contribution in [1.29, 1.82) is 0 Å². The van der Waals surface area contributed by atoms with Crippen LogP contribution in [0.2, 0.25) is 0 Å². The second-order valence-electron chi connectivity index (χ2n) is 10.9. The van der Waals surface area contributed by atoms with Crippen LogP contribution in [0.3, 0.4) is 0 Å². The van der Waals surface area contributed by atoms with Gasteiger partial charge < -0.3 is 19.1 Å². The maximum atomic E-state index is 12.3. The smallest absolute Gasteiger partial charge is 0.410 e. The number of ether oxygens (including phenoxy) is 3. The van der Waals surface area contributed by atoms with Crippen LogP contribution in [0.15, 0.2) is 18.2 Å². The Morgan fingerprint density at radius 1 is 1.17 bits per heavy atom. The standard InChI is InChI=1S/C27H40N2O6/c1-18(2)29(16-19-9-11-28(12-10-19)26(32)35-27(3,4)5)21-13-23(14-21)34-22-8-7-20(17-30)24(15-22)25(31)33-6/h7-8,15,17-19,21,23H,9-14,16H2,1-6H3. The van der Waals surface area contributed by atoms with Gasteiger partial charge in [-0.2, -0.15) is 0 Å². The van der Waals surface area contributed by atoms with E-state index in [2.05, 4.69) is 18.7 Å². The number of likely N-dealkylation sites (tertiary alicyclic amines) is 1. The van der Waals surface area contributed by atoms with Crippen molar-refractivity contribution in [2.45, 2.75) is 84.1 Å². The summed E-state index contributed by atoms with van der Waals surface area (Å²) in [5.41, 5.74) is 0.0413. The predicted octanol–water partition coefficient (Wildman–Crippen LogP) is 4.55. The molecular formula is C27H40N2O6. The summed E-state index contributed by atoms with van der Waals surface area (Å²) >= 11 is 0. The largest absolute Gasteiger partial charge is 0.490 e. The number of amides is 1. The Balaban J connectivity index is 1.50. The van der Waals surface area contributed by atoms with Crippen LogP contribution >= 0.6 is 0 Å². The van der Waals surface area contributed by atoms with Crippen LogP contribution in [-0.4, -0.2) is 78.7 Å². The molecule has 0 N–H and O–H groups in total. The monoisotopic (exact) mass is 488 g/mol. The summed E-state index contributed by atoms with van der Waals surface area (Å²) in [7, 11) is 1.29. The summed E-state index contributed by atoms with van der Waals surface area (Å²) in [6.45, 7) is 12.6. The molecule has 0 aromatic heterocycles. The van der Waals surface area contributed by atoms with Gasteiger partial charge in [-0.3, -0.25) is 9.69 Å². The highest BCUT2D eigenvalue weighted by Gasteiger charge is 2.38. The lowest BCUT2D eigenvalue weighted by Crippen LogP contribution is -2.54. The zero-order chi connectivity index (χ0) is 25.8. The number of benzene rings is 1. The van der Waals surface area contributed by atoms with Gasteiger partial charge in [0.1, 0.15) is 17.5 Å². The van der Waals surface area contributed by atoms with Gasteiger partial charge in [-0.15, -0.1) is 0 Å². The number of carbonyl (C=O) groups is 3. The van der Waals surface area contributed by atoms with Gasteiger partial charge in [0.25, 0.3) is 0 Å². The summed E-state index contributed by atoms with van der Waals surface area (Å²) in [5, 5.41) is 0. The van der Waals surface area contributed by atoms with E-state index >= 15 is 0 Å². The maximum Gasteiger partial charge on any atom is 0.410 e. The molecule has 1 saturated heterocycles. The van der Waals surface area contributed by atoms with E-state index in [-0.39, 0.29) is 17.8 Å². The number of piperidine rings is 1. The summed E-state index contributed by atoms with van der Waals surface area (Å²) in [6.07, 6.45) is 4.29. The van der Waals surface area contributed by atoms with Crippen molar-refractivity contribution in [3.05, 3.63) is 29.3 Å². The summed E-state index contributed by atoms with van der Waals surface area (Å²) in [6, 6.07) is 5.76. The first kappa shape index (κ1) is 27.0. The number of rotatable bonds is 8. The van der Waals surface area contributed by atoms with Crippen LogP contribution in [0, 0.1) is 5.92 Å². The normalized spacial score (nSPS) is 21.0. The third-order valence-corrected chi connectivity index (χ3v) is 6.80. The van der Waals surface area contributed by atoms with Crippen LogP contribution in [-0.2, 0) is 9.47 Å². The minimum absolute atomic E-state index is 0.0721. The van der Waals surface area contributed by atoms with Gasteiger partial charge in [-0.1, -0.05) is 0 Å². The van der Waals surface area contributed by atoms with E-state index in [1.54, 1.807) is 18.2 Å². The second-order valence-corrected chi connectivity index (χ2v) is 10.9. The fourth-order valence-electron chi connectivity index (χ4n) is 4.80. The molecule has 1 aliphatic heterocycles. The molecule has 194 valence electrons. The molecule has 1 aromatic carbocycles. The van der Waals surface area contributed by atoms with Crippen molar-refractivity contribution in [1.82, 2.24) is 9.80 Å². The molecule has 2 fully saturated rings. The first-order valence-corrected chi connectivity index (χ1v) is 12.6. The highest BCUT2D eigenvalue weighted by Crippen LogP contribution is 2.33. The van der Waals surface area contributed by atoms with E-state index in [0.29, 0.717) is 35.6 Å². The Morgan fingerprint density at radius 2 is 1.83 bits per heavy atom. The molecule has 3 rings (SSSR count). The van der Waals surface area contributed by atoms with E-state index in [1.807, 2.05) is 25.7 Å². The predicted molar refractivity (Wildman–Crippen MR) is 133 cm³/mol. The van der Waals surface area contributed by atoms with E-state index in [0.717, 1.165) is 45.3 Å². The van der Waals surface area contributed by atoms with Crippen LogP contribution in [0.4, 0.5) is 4.79 Å². The first-order chi connectivity index (χ1) is 16.5. The minimum atomic E-state index is -0.548. The lowest BCUT2D eigenvalue weighted by molar-refractivity contribution is -0.0134. The number of carbonyl (C=O) groups excluding carboxylic acids is 3. The van der Waals surface area contributed by atoms with Crippen molar-refractivity contribution in [3.8, 4) is 5.75 Å². The number of nitrogens with zero attached hydrogens (tertiary/aromatic N) is 2. The molecule has 2 aliphatic rings. The third-order valence-electron chi connectivity index (χ3n) is 6.80. The zero-order valence-electron chi connectivity index (χ0n) is 21.9. The van der Waals surface area contributed by atoms with Crippen LogP contribution in [0.5, 0.6) is 5.75 Å². The number of hydrogen-bond donors (Lipinski definition) is 0. The van der Waals surface area contributed by atoms with Gasteiger partial charge in [-0.05, 0) is 71.6 Å². The Hall–Kier alpha value is -2.61. The fraction of sp³-hybridized carbons (Fsp3) is 0.667. The van der Waals surface area contributed by atoms with E-state index in [1.165, 1.54) is 7.11 Å². The third kappa shape index (κ3) is 7.19. The maximum absolute atomic E-state index is 12.3. The Kier molecular flexibility index (Phi) is 8.80. The van der Waals surface area contributed by atoms with E-state index < -0.39 is 11.6 Å². The molecule has 1 aliphatic carbocycles. The highest BCUT2D eigenvalue weighted by molar-refractivity contribution is 5.98. The Morgan fingerprint density at radius 3 is 2.37 bits per heavy atom. The molecule has 1 aromatic rings. The van der Waals surface area contributed by atoms with Gasteiger partial charge >= 0.3 is 12.1 Å². The molecule has 0 radical (unpaired) electrons. The van der Waals surface area contributed by atoms with Crippen LogP contribution in [0.25, 0.3) is 0 Å². The number of hydrogen-bond acceptors (Lipinski definition) is 7. The molecule has 0 bridgehead atoms. The number of aldehydes is 1. The lowest BCUT2D eigenvalue weighted by atomic mass is 9.85. The molecule has 1 heterocycles. The van der Waals surface area contributed by atoms with Gasteiger partial charge in [0.05, 0.1) is 12.7 Å². The molecule has 1 saturated carbocycles. The Labute approximate surface area is 208 Å². The average Bonchev–Trinajstić information content (AvgIpc) is 2.78. The van der Waals surface area contributed by atoms with Crippen molar-refractivity contribution in [3.63, 3.8) is 0 Å². The lowest BCUT2D eigenvalue weighted by Gasteiger charge is -2.46. The quantitative estimate of drug-likeness (QED) is 0.392. The van der Waals surface area contributed by atoms with Gasteiger partial charge in [0, 0.05) is 50.1 Å².